The predicted octanol–water partition coefficient (Wildman–Crippen LogP) is 5.91. The van der Waals surface area contributed by atoms with E-state index in [4.69, 9.17) is 0 Å². The van der Waals surface area contributed by atoms with Gasteiger partial charge in [-0.2, -0.15) is 22.0 Å². The Morgan fingerprint density at radius 1 is 0.875 bits per heavy atom. The zero-order chi connectivity index (χ0) is 18.3. The number of unbranched alkanes of at least 4 members (excludes halogenated alkanes) is 3. The van der Waals surface area contributed by atoms with Crippen LogP contribution in [0.4, 0.5) is 22.0 Å². The first kappa shape index (κ1) is 20.9. The minimum Gasteiger partial charge on any atom is -0.390 e. The van der Waals surface area contributed by atoms with E-state index in [2.05, 4.69) is 0 Å². The third kappa shape index (κ3) is 6.75. The molecule has 1 unspecified atom stereocenters. The van der Waals surface area contributed by atoms with Crippen LogP contribution >= 0.6 is 0 Å². The summed E-state index contributed by atoms with van der Waals surface area (Å²) in [5.74, 6) is -4.89. The number of hydrogen-bond acceptors (Lipinski definition) is 1. The number of aryl methyl sites for hydroxylation is 1. The average Bonchev–Trinajstić information content (AvgIpc) is 2.49. The molecule has 0 saturated heterocycles. The zero-order valence-electron chi connectivity index (χ0n) is 13.9. The second-order valence-corrected chi connectivity index (χ2v) is 6.40. The summed E-state index contributed by atoms with van der Waals surface area (Å²) in [6.07, 6.45) is -4.20. The molecular formula is C18H25F5O. The fourth-order valence-electron chi connectivity index (χ4n) is 2.72. The van der Waals surface area contributed by atoms with E-state index in [1.807, 2.05) is 6.92 Å². The smallest absolute Gasteiger partial charge is 0.390 e. The Balaban J connectivity index is 2.77. The van der Waals surface area contributed by atoms with Crippen LogP contribution in [0.5, 0.6) is 0 Å². The van der Waals surface area contributed by atoms with Crippen molar-refractivity contribution in [2.45, 2.75) is 76.0 Å². The second kappa shape index (κ2) is 8.79. The van der Waals surface area contributed by atoms with Crippen LogP contribution in [0.25, 0.3) is 0 Å². The highest BCUT2D eigenvalue weighted by Gasteiger charge is 2.60. The van der Waals surface area contributed by atoms with Gasteiger partial charge in [0.2, 0.25) is 0 Å². The van der Waals surface area contributed by atoms with Gasteiger partial charge in [0.15, 0.2) is 0 Å². The predicted molar refractivity (Wildman–Crippen MR) is 84.1 cm³/mol. The van der Waals surface area contributed by atoms with Crippen molar-refractivity contribution < 1.29 is 27.1 Å². The number of halogens is 5. The largest absolute Gasteiger partial charge is 0.453 e. The summed E-state index contributed by atoms with van der Waals surface area (Å²) < 4.78 is 64.4. The van der Waals surface area contributed by atoms with E-state index in [-0.39, 0.29) is 19.3 Å². The minimum atomic E-state index is -5.64. The van der Waals surface area contributed by atoms with Gasteiger partial charge in [-0.05, 0) is 24.8 Å². The van der Waals surface area contributed by atoms with Gasteiger partial charge in [-0.1, -0.05) is 62.9 Å². The fraction of sp³-hybridized carbons (Fsp3) is 0.667. The van der Waals surface area contributed by atoms with Crippen molar-refractivity contribution in [2.75, 3.05) is 0 Å². The molecule has 1 rings (SSSR count). The van der Waals surface area contributed by atoms with Gasteiger partial charge < -0.3 is 5.11 Å². The molecule has 0 aliphatic heterocycles. The molecule has 1 atom stereocenters. The summed E-state index contributed by atoms with van der Waals surface area (Å²) in [5, 5.41) is 10.5. The van der Waals surface area contributed by atoms with Crippen molar-refractivity contribution in [3.63, 3.8) is 0 Å². The van der Waals surface area contributed by atoms with Gasteiger partial charge >= 0.3 is 12.1 Å². The molecule has 0 aliphatic carbocycles. The van der Waals surface area contributed by atoms with Crippen LogP contribution in [0.1, 0.15) is 57.4 Å². The lowest BCUT2D eigenvalue weighted by atomic mass is 9.84. The Morgan fingerprint density at radius 2 is 1.50 bits per heavy atom. The van der Waals surface area contributed by atoms with E-state index in [0.717, 1.165) is 18.4 Å². The molecule has 0 fully saturated rings. The average molecular weight is 352 g/mol. The molecule has 0 aliphatic rings. The van der Waals surface area contributed by atoms with Crippen LogP contribution in [-0.2, 0) is 6.42 Å². The summed E-state index contributed by atoms with van der Waals surface area (Å²) in [6, 6.07) is 8.84. The third-order valence-electron chi connectivity index (χ3n) is 4.18. The first-order valence-corrected chi connectivity index (χ1v) is 8.30. The van der Waals surface area contributed by atoms with Crippen molar-refractivity contribution in [1.82, 2.24) is 0 Å². The SMILES string of the molecule is CCCCCCC(O)(CCc1ccccc1)CC(F)(F)C(F)(F)F. The number of hydrogen-bond donors (Lipinski definition) is 1. The van der Waals surface area contributed by atoms with E-state index < -0.39 is 24.1 Å². The normalized spacial score (nSPS) is 15.3. The topological polar surface area (TPSA) is 20.2 Å². The summed E-state index contributed by atoms with van der Waals surface area (Å²) in [7, 11) is 0. The Morgan fingerprint density at radius 3 is 2.04 bits per heavy atom. The molecule has 1 aromatic rings. The highest BCUT2D eigenvalue weighted by Crippen LogP contribution is 2.43. The monoisotopic (exact) mass is 352 g/mol. The molecule has 0 aromatic heterocycles. The molecule has 1 nitrogen and oxygen atoms in total. The second-order valence-electron chi connectivity index (χ2n) is 6.40. The van der Waals surface area contributed by atoms with Gasteiger partial charge in [-0.15, -0.1) is 0 Å². The Labute approximate surface area is 139 Å². The molecular weight excluding hydrogens is 327 g/mol. The highest BCUT2D eigenvalue weighted by atomic mass is 19.4. The lowest BCUT2D eigenvalue weighted by molar-refractivity contribution is -0.297. The zero-order valence-corrected chi connectivity index (χ0v) is 13.9. The maximum Gasteiger partial charge on any atom is 0.453 e. The first-order valence-electron chi connectivity index (χ1n) is 8.30. The first-order chi connectivity index (χ1) is 11.1. The molecule has 0 amide bonds. The lowest BCUT2D eigenvalue weighted by Gasteiger charge is -2.33. The van der Waals surface area contributed by atoms with E-state index in [0.29, 0.717) is 12.8 Å². The molecule has 0 spiro atoms. The van der Waals surface area contributed by atoms with Crippen molar-refractivity contribution in [1.29, 1.82) is 0 Å². The maximum atomic E-state index is 13.4. The molecule has 6 heteroatoms. The quantitative estimate of drug-likeness (QED) is 0.410. The van der Waals surface area contributed by atoms with Gasteiger partial charge in [0, 0.05) is 6.42 Å². The van der Waals surface area contributed by atoms with Crippen molar-refractivity contribution in [2.24, 2.45) is 0 Å². The van der Waals surface area contributed by atoms with Gasteiger partial charge in [0.1, 0.15) is 0 Å². The summed E-state index contributed by atoms with van der Waals surface area (Å²) in [5.41, 5.74) is -1.22. The molecule has 1 aromatic carbocycles. The number of alkyl halides is 5. The lowest BCUT2D eigenvalue weighted by Crippen LogP contribution is -2.45. The summed E-state index contributed by atoms with van der Waals surface area (Å²) >= 11 is 0. The minimum absolute atomic E-state index is 0.0501. The fourth-order valence-corrected chi connectivity index (χ4v) is 2.72. The van der Waals surface area contributed by atoms with Gasteiger partial charge in [-0.3, -0.25) is 0 Å². The van der Waals surface area contributed by atoms with Crippen LogP contribution < -0.4 is 0 Å². The molecule has 0 bridgehead atoms. The van der Waals surface area contributed by atoms with Crippen molar-refractivity contribution in [3.8, 4) is 0 Å². The standard InChI is InChI=1S/C18H25F5O/c1-2-3-4-8-12-16(24,14-17(19,20)18(21,22)23)13-11-15-9-6-5-7-10-15/h5-7,9-10,24H,2-4,8,11-14H2,1H3. The van der Waals surface area contributed by atoms with Crippen molar-refractivity contribution >= 4 is 0 Å². The van der Waals surface area contributed by atoms with E-state index in [1.54, 1.807) is 30.3 Å². The summed E-state index contributed by atoms with van der Waals surface area (Å²) in [6.45, 7) is 1.97. The highest BCUT2D eigenvalue weighted by molar-refractivity contribution is 5.15. The van der Waals surface area contributed by atoms with Gasteiger partial charge in [0.05, 0.1) is 5.60 Å². The van der Waals surface area contributed by atoms with Gasteiger partial charge in [-0.25, -0.2) is 0 Å². The van der Waals surface area contributed by atoms with E-state index in [1.165, 1.54) is 0 Å². The number of benzene rings is 1. The third-order valence-corrected chi connectivity index (χ3v) is 4.18. The molecule has 0 saturated carbocycles. The van der Waals surface area contributed by atoms with Crippen LogP contribution in [0, 0.1) is 0 Å². The molecule has 0 radical (unpaired) electrons. The molecule has 24 heavy (non-hydrogen) atoms. The van der Waals surface area contributed by atoms with E-state index in [9.17, 15) is 27.1 Å². The number of aliphatic hydroxyl groups is 1. The Kier molecular flexibility index (Phi) is 7.64. The van der Waals surface area contributed by atoms with E-state index >= 15 is 0 Å². The van der Waals surface area contributed by atoms with Gasteiger partial charge in [0.25, 0.3) is 0 Å². The Bertz CT molecular complexity index is 472. The van der Waals surface area contributed by atoms with Crippen LogP contribution in [-0.4, -0.2) is 22.8 Å². The maximum absolute atomic E-state index is 13.4. The summed E-state index contributed by atoms with van der Waals surface area (Å²) in [4.78, 5) is 0. The Hall–Kier alpha value is -1.17. The van der Waals surface area contributed by atoms with Crippen LogP contribution in [0.15, 0.2) is 30.3 Å². The molecule has 0 heterocycles. The van der Waals surface area contributed by atoms with Crippen molar-refractivity contribution in [3.05, 3.63) is 35.9 Å². The molecule has 1 N–H and O–H groups in total. The number of rotatable bonds is 10. The molecule has 138 valence electrons. The van der Waals surface area contributed by atoms with Crippen LogP contribution in [0.3, 0.4) is 0 Å². The van der Waals surface area contributed by atoms with Crippen LogP contribution in [0.2, 0.25) is 0 Å².